The van der Waals surface area contributed by atoms with Crippen molar-refractivity contribution in [3.8, 4) is 0 Å². The van der Waals surface area contributed by atoms with E-state index in [9.17, 15) is 4.79 Å². The Balaban J connectivity index is 1.76. The Labute approximate surface area is 126 Å². The quantitative estimate of drug-likeness (QED) is 0.430. The van der Waals surface area contributed by atoms with Crippen LogP contribution in [0.5, 0.6) is 0 Å². The molecule has 2 saturated heterocycles. The number of carbonyl (C=O) groups excluding carboxylic acids is 1. The number of aliphatic imine (C=N–C) groups is 1. The number of ether oxygens (including phenoxy) is 2. The van der Waals surface area contributed by atoms with E-state index in [0.717, 1.165) is 51.8 Å². The van der Waals surface area contributed by atoms with Crippen molar-refractivity contribution in [2.75, 3.05) is 60.1 Å². The molecule has 1 unspecified atom stereocenters. The fourth-order valence-electron chi connectivity index (χ4n) is 2.89. The number of methoxy groups -OCH3 is 1. The van der Waals surface area contributed by atoms with Gasteiger partial charge in [0, 0.05) is 45.8 Å². The molecule has 2 rings (SSSR count). The summed E-state index contributed by atoms with van der Waals surface area (Å²) in [5.41, 5.74) is 0. The minimum atomic E-state index is -0.203. The summed E-state index contributed by atoms with van der Waals surface area (Å²) in [6.07, 6.45) is 1.51. The second-order valence-corrected chi connectivity index (χ2v) is 5.34. The van der Waals surface area contributed by atoms with Crippen LogP contribution in [0.2, 0.25) is 0 Å². The summed E-state index contributed by atoms with van der Waals surface area (Å²) in [4.78, 5) is 20.2. The summed E-state index contributed by atoms with van der Waals surface area (Å²) in [5.74, 6) is 0.667. The van der Waals surface area contributed by atoms with Crippen molar-refractivity contribution in [3.05, 3.63) is 0 Å². The van der Waals surface area contributed by atoms with Gasteiger partial charge < -0.3 is 19.7 Å². The highest BCUT2D eigenvalue weighted by atomic mass is 16.5. The van der Waals surface area contributed by atoms with E-state index in [1.807, 2.05) is 0 Å². The topological polar surface area (TPSA) is 66.4 Å². The van der Waals surface area contributed by atoms with Crippen LogP contribution in [0.3, 0.4) is 0 Å². The lowest BCUT2D eigenvalue weighted by atomic mass is 10.2. The van der Waals surface area contributed by atoms with E-state index in [0.29, 0.717) is 19.0 Å². The average molecular weight is 298 g/mol. The Bertz CT molecular complexity index is 369. The monoisotopic (exact) mass is 298 g/mol. The van der Waals surface area contributed by atoms with Gasteiger partial charge in [-0.05, 0) is 6.42 Å². The van der Waals surface area contributed by atoms with Crippen molar-refractivity contribution in [2.45, 2.75) is 18.9 Å². The third-order valence-corrected chi connectivity index (χ3v) is 4.08. The summed E-state index contributed by atoms with van der Waals surface area (Å²) < 4.78 is 10.0. The van der Waals surface area contributed by atoms with Gasteiger partial charge in [-0.2, -0.15) is 0 Å². The maximum Gasteiger partial charge on any atom is 0.307 e. The van der Waals surface area contributed by atoms with Gasteiger partial charge in [0.15, 0.2) is 5.96 Å². The second kappa shape index (κ2) is 8.19. The minimum absolute atomic E-state index is 0.203. The van der Waals surface area contributed by atoms with E-state index in [1.54, 1.807) is 7.05 Å². The molecule has 2 fully saturated rings. The van der Waals surface area contributed by atoms with Gasteiger partial charge in [0.1, 0.15) is 0 Å². The first-order valence-electron chi connectivity index (χ1n) is 7.58. The maximum atomic E-state index is 11.1. The molecule has 120 valence electrons. The van der Waals surface area contributed by atoms with Crippen LogP contribution in [0, 0.1) is 0 Å². The van der Waals surface area contributed by atoms with Crippen LogP contribution in [-0.2, 0) is 14.3 Å². The van der Waals surface area contributed by atoms with Gasteiger partial charge in [-0.3, -0.25) is 14.7 Å². The molecule has 0 aromatic carbocycles. The van der Waals surface area contributed by atoms with Crippen LogP contribution in [0.15, 0.2) is 4.99 Å². The van der Waals surface area contributed by atoms with Gasteiger partial charge >= 0.3 is 5.97 Å². The molecule has 0 radical (unpaired) electrons. The molecule has 2 aliphatic rings. The lowest BCUT2D eigenvalue weighted by molar-refractivity contribution is -0.140. The fourth-order valence-corrected chi connectivity index (χ4v) is 2.89. The summed E-state index contributed by atoms with van der Waals surface area (Å²) in [6.45, 7) is 6.25. The van der Waals surface area contributed by atoms with E-state index in [-0.39, 0.29) is 5.97 Å². The molecule has 7 nitrogen and oxygen atoms in total. The van der Waals surface area contributed by atoms with Gasteiger partial charge in [-0.1, -0.05) is 0 Å². The lowest BCUT2D eigenvalue weighted by Gasteiger charge is -2.32. The van der Waals surface area contributed by atoms with Crippen molar-refractivity contribution in [1.29, 1.82) is 0 Å². The van der Waals surface area contributed by atoms with Crippen LogP contribution in [0.25, 0.3) is 0 Å². The number of rotatable bonds is 4. The normalized spacial score (nSPS) is 24.2. The zero-order valence-corrected chi connectivity index (χ0v) is 13.0. The highest BCUT2D eigenvalue weighted by Gasteiger charge is 2.30. The second-order valence-electron chi connectivity index (χ2n) is 5.34. The largest absolute Gasteiger partial charge is 0.469 e. The third kappa shape index (κ3) is 4.57. The first-order chi connectivity index (χ1) is 10.2. The molecule has 1 N–H and O–H groups in total. The number of nitrogens with zero attached hydrogens (tertiary/aromatic N) is 3. The SMILES string of the molecule is CN=C(NCCC(=O)OC)N1CCC(N2CCOCC2)C1. The van der Waals surface area contributed by atoms with Crippen LogP contribution >= 0.6 is 0 Å². The van der Waals surface area contributed by atoms with Gasteiger partial charge in [-0.15, -0.1) is 0 Å². The van der Waals surface area contributed by atoms with Crippen LogP contribution in [0.1, 0.15) is 12.8 Å². The van der Waals surface area contributed by atoms with Crippen molar-refractivity contribution in [2.24, 2.45) is 4.99 Å². The summed E-state index contributed by atoms with van der Waals surface area (Å²) in [5, 5.41) is 3.23. The molecule has 2 heterocycles. The number of morpholine rings is 1. The number of hydrogen-bond acceptors (Lipinski definition) is 5. The molecular formula is C14H26N4O3. The molecule has 0 amide bonds. The molecule has 0 spiro atoms. The molecule has 7 heteroatoms. The van der Waals surface area contributed by atoms with E-state index >= 15 is 0 Å². The number of carbonyl (C=O) groups is 1. The van der Waals surface area contributed by atoms with E-state index < -0.39 is 0 Å². The predicted octanol–water partition coefficient (Wildman–Crippen LogP) is -0.469. The third-order valence-electron chi connectivity index (χ3n) is 4.08. The molecule has 0 bridgehead atoms. The Kier molecular flexibility index (Phi) is 6.25. The van der Waals surface area contributed by atoms with Crippen LogP contribution in [-0.4, -0.2) is 87.9 Å². The molecule has 21 heavy (non-hydrogen) atoms. The summed E-state index contributed by atoms with van der Waals surface area (Å²) in [7, 11) is 3.19. The Morgan fingerprint density at radius 3 is 2.81 bits per heavy atom. The van der Waals surface area contributed by atoms with E-state index in [4.69, 9.17) is 4.74 Å². The molecule has 1 atom stereocenters. The number of nitrogens with one attached hydrogen (secondary N) is 1. The highest BCUT2D eigenvalue weighted by Crippen LogP contribution is 2.16. The number of likely N-dealkylation sites (tertiary alicyclic amines) is 1. The van der Waals surface area contributed by atoms with Crippen LogP contribution in [0.4, 0.5) is 0 Å². The molecule has 0 aromatic rings. The molecule has 0 aromatic heterocycles. The fraction of sp³-hybridized carbons (Fsp3) is 0.857. The molecule has 0 aliphatic carbocycles. The number of hydrogen-bond donors (Lipinski definition) is 1. The summed E-state index contributed by atoms with van der Waals surface area (Å²) in [6, 6.07) is 0.577. The summed E-state index contributed by atoms with van der Waals surface area (Å²) >= 11 is 0. The van der Waals surface area contributed by atoms with Gasteiger partial charge in [0.05, 0.1) is 26.7 Å². The number of esters is 1. The van der Waals surface area contributed by atoms with E-state index in [1.165, 1.54) is 7.11 Å². The molecule has 2 aliphatic heterocycles. The Hall–Kier alpha value is -1.34. The smallest absolute Gasteiger partial charge is 0.307 e. The van der Waals surface area contributed by atoms with Crippen molar-refractivity contribution >= 4 is 11.9 Å². The first kappa shape index (κ1) is 16.0. The predicted molar refractivity (Wildman–Crippen MR) is 80.4 cm³/mol. The van der Waals surface area contributed by atoms with Crippen molar-refractivity contribution in [3.63, 3.8) is 0 Å². The zero-order chi connectivity index (χ0) is 15.1. The Morgan fingerprint density at radius 2 is 2.14 bits per heavy atom. The maximum absolute atomic E-state index is 11.1. The lowest BCUT2D eigenvalue weighted by Crippen LogP contribution is -2.46. The zero-order valence-electron chi connectivity index (χ0n) is 13.0. The molecule has 0 saturated carbocycles. The first-order valence-corrected chi connectivity index (χ1v) is 7.58. The van der Waals surface area contributed by atoms with Crippen LogP contribution < -0.4 is 5.32 Å². The number of guanidine groups is 1. The van der Waals surface area contributed by atoms with Gasteiger partial charge in [-0.25, -0.2) is 0 Å². The van der Waals surface area contributed by atoms with E-state index in [2.05, 4.69) is 24.8 Å². The minimum Gasteiger partial charge on any atom is -0.469 e. The van der Waals surface area contributed by atoms with Gasteiger partial charge in [0.25, 0.3) is 0 Å². The van der Waals surface area contributed by atoms with Crippen molar-refractivity contribution < 1.29 is 14.3 Å². The average Bonchev–Trinajstić information content (AvgIpc) is 3.02. The Morgan fingerprint density at radius 1 is 1.38 bits per heavy atom. The standard InChI is InChI=1S/C14H26N4O3/c1-15-14(16-5-3-13(19)20-2)18-6-4-12(11-18)17-7-9-21-10-8-17/h12H,3-11H2,1-2H3,(H,15,16). The van der Waals surface area contributed by atoms with Gasteiger partial charge in [0.2, 0.25) is 0 Å². The highest BCUT2D eigenvalue weighted by molar-refractivity contribution is 5.80. The molecular weight excluding hydrogens is 272 g/mol. The van der Waals surface area contributed by atoms with Crippen molar-refractivity contribution in [1.82, 2.24) is 15.1 Å².